The monoisotopic (exact) mass is 400 g/mol. The highest BCUT2D eigenvalue weighted by Crippen LogP contribution is 2.18. The van der Waals surface area contributed by atoms with Gasteiger partial charge in [0, 0.05) is 25.1 Å². The number of rotatable bonds is 5. The number of benzene rings is 1. The summed E-state index contributed by atoms with van der Waals surface area (Å²) >= 11 is 0. The largest absolute Gasteiger partial charge is 0.344 e. The van der Waals surface area contributed by atoms with Crippen molar-refractivity contribution in [2.45, 2.75) is 31.8 Å². The number of hydrogen-bond donors (Lipinski definition) is 2. The molecule has 7 nitrogen and oxygen atoms in total. The number of halogens is 1. The van der Waals surface area contributed by atoms with Crippen molar-refractivity contribution in [2.75, 3.05) is 13.1 Å². The smallest absolute Gasteiger partial charge is 0.272 e. The van der Waals surface area contributed by atoms with E-state index in [1.165, 1.54) is 0 Å². The Balaban J connectivity index is 0.00000225. The van der Waals surface area contributed by atoms with E-state index in [2.05, 4.69) is 20.8 Å². The van der Waals surface area contributed by atoms with Crippen LogP contribution in [0.15, 0.2) is 55.0 Å². The molecule has 1 aromatic carbocycles. The molecule has 2 aromatic heterocycles. The quantitative estimate of drug-likeness (QED) is 0.690. The van der Waals surface area contributed by atoms with E-state index >= 15 is 0 Å². The summed E-state index contributed by atoms with van der Waals surface area (Å²) in [5.74, 6) is -0.158. The second kappa shape index (κ2) is 9.03. The third kappa shape index (κ3) is 4.43. The van der Waals surface area contributed by atoms with Gasteiger partial charge in [0.2, 0.25) is 0 Å². The zero-order valence-electron chi connectivity index (χ0n) is 15.8. The van der Waals surface area contributed by atoms with Crippen molar-refractivity contribution in [3.63, 3.8) is 0 Å². The minimum Gasteiger partial charge on any atom is -0.344 e. The second-order valence-corrected chi connectivity index (χ2v) is 6.92. The molecule has 1 saturated heterocycles. The van der Waals surface area contributed by atoms with Gasteiger partial charge in [0.15, 0.2) is 0 Å². The summed E-state index contributed by atoms with van der Waals surface area (Å²) in [6, 6.07) is 11.9. The minimum atomic E-state index is -0.158. The van der Waals surface area contributed by atoms with Gasteiger partial charge in [0.25, 0.3) is 5.91 Å². The molecule has 1 aliphatic heterocycles. The van der Waals surface area contributed by atoms with Crippen LogP contribution in [-0.4, -0.2) is 38.6 Å². The van der Waals surface area contributed by atoms with Gasteiger partial charge < -0.3 is 10.6 Å². The molecule has 28 heavy (non-hydrogen) atoms. The predicted molar refractivity (Wildman–Crippen MR) is 110 cm³/mol. The molecular weight excluding hydrogens is 376 g/mol. The van der Waals surface area contributed by atoms with Crippen LogP contribution in [0, 0.1) is 0 Å². The number of amides is 1. The van der Waals surface area contributed by atoms with Crippen LogP contribution >= 0.6 is 12.4 Å². The number of carbonyl (C=O) groups excluding carboxylic acids is 1. The van der Waals surface area contributed by atoms with Crippen molar-refractivity contribution in [2.24, 2.45) is 0 Å². The topological polar surface area (TPSA) is 76.8 Å². The fraction of sp³-hybridized carbons (Fsp3) is 0.350. The van der Waals surface area contributed by atoms with Gasteiger partial charge >= 0.3 is 0 Å². The summed E-state index contributed by atoms with van der Waals surface area (Å²) in [5, 5.41) is 15.2. The lowest BCUT2D eigenvalue weighted by Crippen LogP contribution is -2.32. The molecule has 3 aromatic rings. The Bertz CT molecular complexity index is 901. The molecule has 4 rings (SSSR count). The SMILES string of the molecule is CC(NC(=O)c1ccn(C2CCCNC2)n1)c1cccc(-n2cccn2)c1.Cl. The van der Waals surface area contributed by atoms with Gasteiger partial charge in [0.1, 0.15) is 5.69 Å². The maximum absolute atomic E-state index is 12.6. The molecule has 8 heteroatoms. The first-order valence-electron chi connectivity index (χ1n) is 9.37. The van der Waals surface area contributed by atoms with Crippen molar-refractivity contribution in [1.29, 1.82) is 0 Å². The summed E-state index contributed by atoms with van der Waals surface area (Å²) in [6.45, 7) is 3.93. The van der Waals surface area contributed by atoms with Crippen LogP contribution in [0.25, 0.3) is 5.69 Å². The lowest BCUT2D eigenvalue weighted by molar-refractivity contribution is 0.0933. The van der Waals surface area contributed by atoms with Crippen LogP contribution in [0.3, 0.4) is 0 Å². The first-order valence-corrected chi connectivity index (χ1v) is 9.37. The Labute approximate surface area is 170 Å². The van der Waals surface area contributed by atoms with E-state index in [0.717, 1.165) is 37.2 Å². The maximum atomic E-state index is 12.6. The first kappa shape index (κ1) is 20.1. The normalized spacial score (nSPS) is 17.5. The van der Waals surface area contributed by atoms with Crippen molar-refractivity contribution in [3.05, 3.63) is 66.2 Å². The lowest BCUT2D eigenvalue weighted by atomic mass is 10.1. The molecule has 2 atom stereocenters. The van der Waals surface area contributed by atoms with Crippen molar-refractivity contribution >= 4 is 18.3 Å². The molecule has 148 valence electrons. The summed E-state index contributed by atoms with van der Waals surface area (Å²) in [5.41, 5.74) is 2.44. The molecule has 0 aliphatic carbocycles. The standard InChI is InChI=1S/C20H24N6O.ClH/c1-15(16-5-2-6-17(13-16)25-11-4-10-22-25)23-20(27)19-8-12-26(24-19)18-7-3-9-21-14-18;/h2,4-6,8,10-13,15,18,21H,3,7,9,14H2,1H3,(H,23,27);1H. The number of nitrogens with one attached hydrogen (secondary N) is 2. The third-order valence-electron chi connectivity index (χ3n) is 4.97. The van der Waals surface area contributed by atoms with E-state index in [1.807, 2.05) is 54.3 Å². The maximum Gasteiger partial charge on any atom is 0.272 e. The Morgan fingerprint density at radius 1 is 1.29 bits per heavy atom. The lowest BCUT2D eigenvalue weighted by Gasteiger charge is -2.22. The molecule has 3 heterocycles. The third-order valence-corrected chi connectivity index (χ3v) is 4.97. The molecule has 1 fully saturated rings. The zero-order valence-corrected chi connectivity index (χ0v) is 16.6. The molecular formula is C20H25ClN6O. The fourth-order valence-electron chi connectivity index (χ4n) is 3.43. The van der Waals surface area contributed by atoms with Crippen molar-refractivity contribution < 1.29 is 4.79 Å². The van der Waals surface area contributed by atoms with E-state index in [1.54, 1.807) is 16.9 Å². The molecule has 1 amide bonds. The highest BCUT2D eigenvalue weighted by molar-refractivity contribution is 5.92. The summed E-state index contributed by atoms with van der Waals surface area (Å²) in [7, 11) is 0. The highest BCUT2D eigenvalue weighted by atomic mass is 35.5. The predicted octanol–water partition coefficient (Wildman–Crippen LogP) is 2.91. The van der Waals surface area contributed by atoms with Crippen molar-refractivity contribution in [1.82, 2.24) is 30.2 Å². The van der Waals surface area contributed by atoms with Gasteiger partial charge in [-0.05, 0) is 56.1 Å². The summed E-state index contributed by atoms with van der Waals surface area (Å²) in [4.78, 5) is 12.6. The van der Waals surface area contributed by atoms with E-state index < -0.39 is 0 Å². The number of aromatic nitrogens is 4. The second-order valence-electron chi connectivity index (χ2n) is 6.92. The van der Waals surface area contributed by atoms with Gasteiger partial charge in [-0.1, -0.05) is 12.1 Å². The molecule has 0 bridgehead atoms. The van der Waals surface area contributed by atoms with Gasteiger partial charge in [-0.25, -0.2) is 4.68 Å². The molecule has 2 N–H and O–H groups in total. The van der Waals surface area contributed by atoms with Gasteiger partial charge in [-0.15, -0.1) is 12.4 Å². The van der Waals surface area contributed by atoms with E-state index in [-0.39, 0.29) is 24.4 Å². The van der Waals surface area contributed by atoms with Gasteiger partial charge in [0.05, 0.1) is 17.8 Å². The van der Waals surface area contributed by atoms with Crippen LogP contribution in [0.2, 0.25) is 0 Å². The molecule has 1 aliphatic rings. The Morgan fingerprint density at radius 2 is 2.18 bits per heavy atom. The number of carbonyl (C=O) groups is 1. The summed E-state index contributed by atoms with van der Waals surface area (Å²) in [6.07, 6.45) is 7.77. The van der Waals surface area contributed by atoms with Gasteiger partial charge in [-0.2, -0.15) is 10.2 Å². The average Bonchev–Trinajstić information content (AvgIpc) is 3.41. The number of piperidine rings is 1. The van der Waals surface area contributed by atoms with E-state index in [0.29, 0.717) is 11.7 Å². The zero-order chi connectivity index (χ0) is 18.6. The van der Waals surface area contributed by atoms with E-state index in [4.69, 9.17) is 0 Å². The Hall–Kier alpha value is -2.64. The molecule has 0 saturated carbocycles. The number of hydrogen-bond acceptors (Lipinski definition) is 4. The molecule has 0 spiro atoms. The van der Waals surface area contributed by atoms with Crippen LogP contribution in [0.5, 0.6) is 0 Å². The summed E-state index contributed by atoms with van der Waals surface area (Å²) < 4.78 is 3.71. The Kier molecular flexibility index (Phi) is 6.49. The molecule has 2 unspecified atom stereocenters. The van der Waals surface area contributed by atoms with Crippen molar-refractivity contribution in [3.8, 4) is 5.69 Å². The molecule has 0 radical (unpaired) electrons. The van der Waals surface area contributed by atoms with Gasteiger partial charge in [-0.3, -0.25) is 9.48 Å². The van der Waals surface area contributed by atoms with Crippen LogP contribution < -0.4 is 10.6 Å². The Morgan fingerprint density at radius 3 is 2.93 bits per heavy atom. The van der Waals surface area contributed by atoms with Crippen LogP contribution in [0.1, 0.15) is 47.9 Å². The van der Waals surface area contributed by atoms with Crippen LogP contribution in [0.4, 0.5) is 0 Å². The highest BCUT2D eigenvalue weighted by Gasteiger charge is 2.19. The minimum absolute atomic E-state index is 0. The first-order chi connectivity index (χ1) is 13.2. The number of nitrogens with zero attached hydrogens (tertiary/aromatic N) is 4. The average molecular weight is 401 g/mol. The van der Waals surface area contributed by atoms with Crippen LogP contribution in [-0.2, 0) is 0 Å². The van der Waals surface area contributed by atoms with E-state index in [9.17, 15) is 4.79 Å². The fourth-order valence-corrected chi connectivity index (χ4v) is 3.43.